The van der Waals surface area contributed by atoms with Gasteiger partial charge in [0, 0.05) is 30.6 Å². The van der Waals surface area contributed by atoms with E-state index in [0.29, 0.717) is 12.1 Å². The number of piperidine rings is 1. The van der Waals surface area contributed by atoms with E-state index >= 15 is 0 Å². The Morgan fingerprint density at radius 1 is 1.16 bits per heavy atom. The van der Waals surface area contributed by atoms with Gasteiger partial charge in [-0.25, -0.2) is 9.59 Å². The SMILES string of the molecule is Cc1c(OC2CCN(C)CC2)ccc2cc(NC(=O)NCc3ccccc3)c(=O)oc12. The number of urea groups is 1. The average molecular weight is 421 g/mol. The van der Waals surface area contributed by atoms with E-state index < -0.39 is 11.7 Å². The molecule has 0 unspecified atom stereocenters. The molecule has 3 aromatic rings. The molecular formula is C24H27N3O4. The van der Waals surface area contributed by atoms with Gasteiger partial charge >= 0.3 is 11.7 Å². The molecule has 2 heterocycles. The normalized spacial score (nSPS) is 15.0. The number of rotatable bonds is 5. The van der Waals surface area contributed by atoms with Gasteiger partial charge in [-0.1, -0.05) is 30.3 Å². The number of aryl methyl sites for hydroxylation is 1. The summed E-state index contributed by atoms with van der Waals surface area (Å²) in [6.07, 6.45) is 2.10. The Labute approximate surface area is 181 Å². The van der Waals surface area contributed by atoms with Crippen molar-refractivity contribution in [2.75, 3.05) is 25.5 Å². The zero-order valence-corrected chi connectivity index (χ0v) is 17.8. The van der Waals surface area contributed by atoms with Crippen LogP contribution in [0.25, 0.3) is 11.0 Å². The zero-order valence-electron chi connectivity index (χ0n) is 17.8. The number of carbonyl (C=O) groups is 1. The second-order valence-corrected chi connectivity index (χ2v) is 7.97. The number of carbonyl (C=O) groups excluding carboxylic acids is 1. The van der Waals surface area contributed by atoms with E-state index in [9.17, 15) is 9.59 Å². The lowest BCUT2D eigenvalue weighted by Crippen LogP contribution is -2.35. The van der Waals surface area contributed by atoms with Crippen molar-refractivity contribution in [3.05, 3.63) is 70.1 Å². The molecule has 1 fully saturated rings. The first kappa shape index (κ1) is 20.9. The van der Waals surface area contributed by atoms with E-state index in [4.69, 9.17) is 9.15 Å². The fourth-order valence-corrected chi connectivity index (χ4v) is 3.75. The number of anilines is 1. The van der Waals surface area contributed by atoms with E-state index in [-0.39, 0.29) is 11.8 Å². The highest BCUT2D eigenvalue weighted by molar-refractivity contribution is 5.92. The molecule has 0 atom stereocenters. The van der Waals surface area contributed by atoms with Crippen molar-refractivity contribution in [1.29, 1.82) is 0 Å². The maximum absolute atomic E-state index is 12.5. The van der Waals surface area contributed by atoms with E-state index in [2.05, 4.69) is 22.6 Å². The lowest BCUT2D eigenvalue weighted by molar-refractivity contribution is 0.113. The van der Waals surface area contributed by atoms with Crippen molar-refractivity contribution in [2.45, 2.75) is 32.4 Å². The van der Waals surface area contributed by atoms with E-state index in [1.807, 2.05) is 49.4 Å². The van der Waals surface area contributed by atoms with Crippen LogP contribution < -0.4 is 21.0 Å². The number of hydrogen-bond acceptors (Lipinski definition) is 5. The van der Waals surface area contributed by atoms with Gasteiger partial charge in [-0.05, 0) is 50.6 Å². The summed E-state index contributed by atoms with van der Waals surface area (Å²) in [7, 11) is 2.11. The molecule has 2 amide bonds. The van der Waals surface area contributed by atoms with E-state index in [1.165, 1.54) is 0 Å². The van der Waals surface area contributed by atoms with Gasteiger partial charge in [0.05, 0.1) is 0 Å². The number of nitrogens with zero attached hydrogens (tertiary/aromatic N) is 1. The quantitative estimate of drug-likeness (QED) is 0.611. The van der Waals surface area contributed by atoms with Crippen LogP contribution in [0.15, 0.2) is 57.7 Å². The van der Waals surface area contributed by atoms with Crippen LogP contribution in [0.1, 0.15) is 24.0 Å². The molecule has 1 saturated heterocycles. The average Bonchev–Trinajstić information content (AvgIpc) is 2.78. The van der Waals surface area contributed by atoms with Gasteiger partial charge in [0.2, 0.25) is 0 Å². The van der Waals surface area contributed by atoms with Crippen LogP contribution in [0.4, 0.5) is 10.5 Å². The van der Waals surface area contributed by atoms with Gasteiger partial charge in [-0.3, -0.25) is 0 Å². The highest BCUT2D eigenvalue weighted by Gasteiger charge is 2.20. The molecule has 0 aliphatic carbocycles. The fraction of sp³-hybridized carbons (Fsp3) is 0.333. The number of likely N-dealkylation sites (tertiary alicyclic amines) is 1. The first-order valence-corrected chi connectivity index (χ1v) is 10.5. The molecule has 2 N–H and O–H groups in total. The van der Waals surface area contributed by atoms with E-state index in [1.54, 1.807) is 6.07 Å². The van der Waals surface area contributed by atoms with Crippen LogP contribution in [0.5, 0.6) is 5.75 Å². The summed E-state index contributed by atoms with van der Waals surface area (Å²) in [5.41, 5.74) is 1.73. The molecule has 31 heavy (non-hydrogen) atoms. The number of amides is 2. The third-order valence-corrected chi connectivity index (χ3v) is 5.60. The summed E-state index contributed by atoms with van der Waals surface area (Å²) in [4.78, 5) is 27.0. The molecular weight excluding hydrogens is 394 g/mol. The van der Waals surface area contributed by atoms with Crippen molar-refractivity contribution < 1.29 is 13.9 Å². The highest BCUT2D eigenvalue weighted by atomic mass is 16.5. The van der Waals surface area contributed by atoms with Crippen LogP contribution in [0.3, 0.4) is 0 Å². The topological polar surface area (TPSA) is 83.8 Å². The minimum absolute atomic E-state index is 0.0986. The van der Waals surface area contributed by atoms with Crippen molar-refractivity contribution in [2.24, 2.45) is 0 Å². The van der Waals surface area contributed by atoms with Gasteiger partial charge < -0.3 is 24.7 Å². The molecule has 1 aliphatic rings. The second-order valence-electron chi connectivity index (χ2n) is 7.97. The number of hydrogen-bond donors (Lipinski definition) is 2. The Morgan fingerprint density at radius 2 is 1.90 bits per heavy atom. The van der Waals surface area contributed by atoms with Crippen LogP contribution in [0, 0.1) is 6.92 Å². The molecule has 7 nitrogen and oxygen atoms in total. The standard InChI is InChI=1S/C24H27N3O4/c1-16-21(30-19-10-12-27(2)13-11-19)9-8-18-14-20(23(28)31-22(16)18)26-24(29)25-15-17-6-4-3-5-7-17/h3-9,14,19H,10-13,15H2,1-2H3,(H2,25,26,29). The van der Waals surface area contributed by atoms with Crippen molar-refractivity contribution in [1.82, 2.24) is 10.2 Å². The number of benzene rings is 2. The molecule has 0 saturated carbocycles. The van der Waals surface area contributed by atoms with Crippen LogP contribution in [-0.2, 0) is 6.54 Å². The zero-order chi connectivity index (χ0) is 21.8. The van der Waals surface area contributed by atoms with Crippen LogP contribution >= 0.6 is 0 Å². The smallest absolute Gasteiger partial charge is 0.360 e. The minimum Gasteiger partial charge on any atom is -0.490 e. The van der Waals surface area contributed by atoms with Gasteiger partial charge in [0.25, 0.3) is 0 Å². The van der Waals surface area contributed by atoms with Gasteiger partial charge in [-0.15, -0.1) is 0 Å². The summed E-state index contributed by atoms with van der Waals surface area (Å²) >= 11 is 0. The molecule has 0 spiro atoms. The predicted molar refractivity (Wildman–Crippen MR) is 121 cm³/mol. The number of ether oxygens (including phenoxy) is 1. The van der Waals surface area contributed by atoms with Crippen LogP contribution in [0.2, 0.25) is 0 Å². The Balaban J connectivity index is 1.47. The molecule has 4 rings (SSSR count). The Hall–Kier alpha value is -3.32. The summed E-state index contributed by atoms with van der Waals surface area (Å²) in [5, 5.41) is 6.05. The predicted octanol–water partition coefficient (Wildman–Crippen LogP) is 3.90. The van der Waals surface area contributed by atoms with Gasteiger partial charge in [-0.2, -0.15) is 0 Å². The third kappa shape index (κ3) is 5.06. The van der Waals surface area contributed by atoms with Gasteiger partial charge in [0.15, 0.2) is 0 Å². The number of fused-ring (bicyclic) bond motifs is 1. The molecule has 7 heteroatoms. The summed E-state index contributed by atoms with van der Waals surface area (Å²) in [5.74, 6) is 0.728. The largest absolute Gasteiger partial charge is 0.490 e. The minimum atomic E-state index is -0.595. The molecule has 0 bridgehead atoms. The highest BCUT2D eigenvalue weighted by Crippen LogP contribution is 2.29. The molecule has 1 aliphatic heterocycles. The molecule has 1 aromatic heterocycles. The molecule has 162 valence electrons. The molecule has 2 aromatic carbocycles. The van der Waals surface area contributed by atoms with Crippen molar-refractivity contribution in [3.63, 3.8) is 0 Å². The van der Waals surface area contributed by atoms with Crippen LogP contribution in [-0.4, -0.2) is 37.2 Å². The first-order valence-electron chi connectivity index (χ1n) is 10.5. The Morgan fingerprint density at radius 3 is 2.65 bits per heavy atom. The third-order valence-electron chi connectivity index (χ3n) is 5.60. The van der Waals surface area contributed by atoms with E-state index in [0.717, 1.165) is 48.2 Å². The maximum atomic E-state index is 12.5. The first-order chi connectivity index (χ1) is 15.0. The second kappa shape index (κ2) is 9.22. The number of nitrogens with one attached hydrogen (secondary N) is 2. The Bertz CT molecular complexity index is 1120. The van der Waals surface area contributed by atoms with Crippen molar-refractivity contribution >= 4 is 22.7 Å². The lowest BCUT2D eigenvalue weighted by Gasteiger charge is -2.29. The lowest BCUT2D eigenvalue weighted by atomic mass is 10.1. The fourth-order valence-electron chi connectivity index (χ4n) is 3.75. The summed E-state index contributed by atoms with van der Waals surface area (Å²) < 4.78 is 11.7. The summed E-state index contributed by atoms with van der Waals surface area (Å²) in [6.45, 7) is 4.26. The Kier molecular flexibility index (Phi) is 6.23. The summed E-state index contributed by atoms with van der Waals surface area (Å²) in [6, 6.07) is 14.5. The van der Waals surface area contributed by atoms with Crippen molar-refractivity contribution in [3.8, 4) is 5.75 Å². The van der Waals surface area contributed by atoms with Gasteiger partial charge in [0.1, 0.15) is 23.1 Å². The maximum Gasteiger partial charge on any atom is 0.360 e. The molecule has 0 radical (unpaired) electrons. The monoisotopic (exact) mass is 421 g/mol.